The summed E-state index contributed by atoms with van der Waals surface area (Å²) in [6.45, 7) is -2.83. The highest BCUT2D eigenvalue weighted by Crippen LogP contribution is 2.12. The lowest BCUT2D eigenvalue weighted by Gasteiger charge is -2.25. The number of nitrogens with zero attached hydrogens (tertiary/aromatic N) is 2. The molecular weight excluding hydrogens is 616 g/mol. The van der Waals surface area contributed by atoms with E-state index >= 15 is 0 Å². The third-order valence-corrected chi connectivity index (χ3v) is 6.57. The Morgan fingerprint density at radius 1 is 0.543 bits per heavy atom. The molecule has 0 radical (unpaired) electrons. The maximum absolute atomic E-state index is 12.6. The molecule has 0 bridgehead atoms. The van der Waals surface area contributed by atoms with Crippen molar-refractivity contribution in [1.82, 2.24) is 20.4 Å². The van der Waals surface area contributed by atoms with Crippen LogP contribution in [-0.2, 0) is 28.8 Å². The third kappa shape index (κ3) is 15.1. The maximum Gasteiger partial charge on any atom is 0.320 e. The minimum Gasteiger partial charge on any atom is -0.480 e. The van der Waals surface area contributed by atoms with Crippen LogP contribution in [0.2, 0.25) is 0 Å². The molecule has 0 saturated heterocycles. The van der Waals surface area contributed by atoms with Gasteiger partial charge in [0.1, 0.15) is 12.1 Å². The number of hydrogen-bond acceptors (Lipinski definition) is 10. The summed E-state index contributed by atoms with van der Waals surface area (Å²) in [4.78, 5) is 94.1. The van der Waals surface area contributed by atoms with E-state index in [0.717, 1.165) is 9.80 Å². The molecule has 0 aromatic heterocycles. The highest BCUT2D eigenvalue weighted by Gasteiger charge is 2.29. The normalized spacial score (nSPS) is 12.2. The Balaban J connectivity index is 2.58. The molecular formula is C28H38N4O14. The topological polar surface area (TPSA) is 288 Å². The molecule has 0 aliphatic heterocycles. The summed E-state index contributed by atoms with van der Waals surface area (Å²) in [7, 11) is 0. The number of carboxylic acids is 6. The zero-order valence-electron chi connectivity index (χ0n) is 24.8. The standard InChI is InChI=1S/C28H38N4O14/c33-21(34)13-31(14-22(35)36)19(27(43)44)8-1-3-10-29-25(41)17-6-5-7-18(12-17)26(42)30-11-4-2-9-20(28(45)46)32(15-23(37)38)16-24(39)40/h5-7,12,19-20H,1-4,8-11,13-16H2,(H,29,41)(H,30,42)(H,33,34)(H,35,36)(H,37,38)(H,39,40)(H,43,44)(H,45,46). The van der Waals surface area contributed by atoms with Crippen molar-refractivity contribution < 1.29 is 69.0 Å². The Hall–Kier alpha value is -5.10. The molecule has 2 amide bonds. The Labute approximate surface area is 262 Å². The number of hydrogen-bond donors (Lipinski definition) is 8. The number of carboxylic acid groups (broad SMARTS) is 6. The van der Waals surface area contributed by atoms with Crippen molar-refractivity contribution >= 4 is 47.6 Å². The lowest BCUT2D eigenvalue weighted by atomic mass is 10.1. The van der Waals surface area contributed by atoms with Gasteiger partial charge in [0.2, 0.25) is 0 Å². The third-order valence-electron chi connectivity index (χ3n) is 6.57. The maximum atomic E-state index is 12.6. The van der Waals surface area contributed by atoms with Crippen LogP contribution in [0.15, 0.2) is 24.3 Å². The van der Waals surface area contributed by atoms with Crippen LogP contribution in [0.3, 0.4) is 0 Å². The van der Waals surface area contributed by atoms with Crippen LogP contribution in [0, 0.1) is 0 Å². The molecule has 0 fully saturated rings. The van der Waals surface area contributed by atoms with Gasteiger partial charge in [-0.05, 0) is 56.7 Å². The van der Waals surface area contributed by atoms with Crippen LogP contribution >= 0.6 is 0 Å². The van der Waals surface area contributed by atoms with Crippen LogP contribution in [0.25, 0.3) is 0 Å². The average Bonchev–Trinajstić information content (AvgIpc) is 2.94. The van der Waals surface area contributed by atoms with E-state index in [1.54, 1.807) is 0 Å². The molecule has 0 saturated carbocycles. The number of unbranched alkanes of at least 4 members (excludes halogenated alkanes) is 2. The van der Waals surface area contributed by atoms with E-state index in [0.29, 0.717) is 12.8 Å². The summed E-state index contributed by atoms with van der Waals surface area (Å²) in [5, 5.41) is 60.0. The second kappa shape index (κ2) is 20.0. The number of aliphatic carboxylic acids is 6. The molecule has 46 heavy (non-hydrogen) atoms. The predicted molar refractivity (Wildman–Crippen MR) is 155 cm³/mol. The highest BCUT2D eigenvalue weighted by atomic mass is 16.4. The highest BCUT2D eigenvalue weighted by molar-refractivity contribution is 5.99. The van der Waals surface area contributed by atoms with Gasteiger partial charge >= 0.3 is 35.8 Å². The van der Waals surface area contributed by atoms with Crippen molar-refractivity contribution in [3.8, 4) is 0 Å². The van der Waals surface area contributed by atoms with Crippen molar-refractivity contribution in [2.24, 2.45) is 0 Å². The van der Waals surface area contributed by atoms with Gasteiger partial charge in [-0.3, -0.25) is 48.2 Å². The predicted octanol–water partition coefficient (Wildman–Crippen LogP) is -0.664. The fourth-order valence-corrected chi connectivity index (χ4v) is 4.51. The summed E-state index contributed by atoms with van der Waals surface area (Å²) < 4.78 is 0. The van der Waals surface area contributed by atoms with Gasteiger partial charge in [0, 0.05) is 24.2 Å². The lowest BCUT2D eigenvalue weighted by molar-refractivity contribution is -0.152. The Morgan fingerprint density at radius 3 is 1.15 bits per heavy atom. The molecule has 1 aromatic rings. The van der Waals surface area contributed by atoms with Gasteiger partial charge in [-0.15, -0.1) is 0 Å². The molecule has 0 aliphatic carbocycles. The van der Waals surface area contributed by atoms with Crippen LogP contribution < -0.4 is 10.6 Å². The van der Waals surface area contributed by atoms with Crippen LogP contribution in [-0.4, -0.2) is 139 Å². The van der Waals surface area contributed by atoms with Crippen LogP contribution in [0.5, 0.6) is 0 Å². The van der Waals surface area contributed by atoms with E-state index in [9.17, 15) is 48.6 Å². The van der Waals surface area contributed by atoms with Gasteiger partial charge in [0.15, 0.2) is 0 Å². The van der Waals surface area contributed by atoms with E-state index in [4.69, 9.17) is 20.4 Å². The van der Waals surface area contributed by atoms with Gasteiger partial charge in [0.25, 0.3) is 11.8 Å². The SMILES string of the molecule is O=C(O)CN(CC(=O)O)C(CCCCNC(=O)c1cccc(C(=O)NCCCCC(C(=O)O)N(CC(=O)O)CC(=O)O)c1)C(=O)O. The lowest BCUT2D eigenvalue weighted by Crippen LogP contribution is -2.46. The summed E-state index contributed by atoms with van der Waals surface area (Å²) in [6, 6.07) is 3.07. The van der Waals surface area contributed by atoms with E-state index in [-0.39, 0.29) is 49.9 Å². The monoisotopic (exact) mass is 654 g/mol. The minimum atomic E-state index is -1.37. The number of rotatable bonds is 24. The second-order valence-corrected chi connectivity index (χ2v) is 10.2. The molecule has 2 atom stereocenters. The smallest absolute Gasteiger partial charge is 0.320 e. The summed E-state index contributed by atoms with van der Waals surface area (Å²) >= 11 is 0. The fourth-order valence-electron chi connectivity index (χ4n) is 4.51. The van der Waals surface area contributed by atoms with E-state index in [1.807, 2.05) is 0 Å². The minimum absolute atomic E-state index is 0.0543. The van der Waals surface area contributed by atoms with Gasteiger partial charge < -0.3 is 41.3 Å². The Bertz CT molecular complexity index is 1150. The van der Waals surface area contributed by atoms with Gasteiger partial charge in [-0.2, -0.15) is 0 Å². The van der Waals surface area contributed by atoms with Crippen molar-refractivity contribution in [1.29, 1.82) is 0 Å². The summed E-state index contributed by atoms with van der Waals surface area (Å²) in [6.07, 6.45) is 0.968. The number of nitrogens with one attached hydrogen (secondary N) is 2. The van der Waals surface area contributed by atoms with Gasteiger partial charge in [-0.1, -0.05) is 6.07 Å². The first-order valence-corrected chi connectivity index (χ1v) is 14.1. The number of carbonyl (C=O) groups excluding carboxylic acids is 2. The number of benzene rings is 1. The van der Waals surface area contributed by atoms with E-state index < -0.39 is 85.9 Å². The van der Waals surface area contributed by atoms with Gasteiger partial charge in [-0.25, -0.2) is 0 Å². The van der Waals surface area contributed by atoms with Gasteiger partial charge in [0.05, 0.1) is 26.2 Å². The molecule has 0 aliphatic rings. The second-order valence-electron chi connectivity index (χ2n) is 10.2. The van der Waals surface area contributed by atoms with E-state index in [2.05, 4.69) is 10.6 Å². The quantitative estimate of drug-likeness (QED) is 0.0642. The first-order valence-electron chi connectivity index (χ1n) is 14.1. The molecule has 18 nitrogen and oxygen atoms in total. The van der Waals surface area contributed by atoms with Crippen molar-refractivity contribution in [3.63, 3.8) is 0 Å². The molecule has 254 valence electrons. The molecule has 2 unspecified atom stereocenters. The first kappa shape index (κ1) is 38.9. The molecule has 0 spiro atoms. The molecule has 18 heteroatoms. The molecule has 1 aromatic carbocycles. The fraction of sp³-hybridized carbons (Fsp3) is 0.500. The number of amides is 2. The van der Waals surface area contributed by atoms with Crippen molar-refractivity contribution in [2.45, 2.75) is 50.6 Å². The van der Waals surface area contributed by atoms with Crippen molar-refractivity contribution in [3.05, 3.63) is 35.4 Å². The van der Waals surface area contributed by atoms with Crippen LogP contribution in [0.1, 0.15) is 59.2 Å². The largest absolute Gasteiger partial charge is 0.480 e. The zero-order valence-corrected chi connectivity index (χ0v) is 24.8. The summed E-state index contributed by atoms with van der Waals surface area (Å²) in [5.41, 5.74) is 0.317. The molecule has 0 heterocycles. The number of carbonyl (C=O) groups is 8. The average molecular weight is 655 g/mol. The molecule has 1 rings (SSSR count). The van der Waals surface area contributed by atoms with Crippen molar-refractivity contribution in [2.75, 3.05) is 39.3 Å². The Morgan fingerprint density at radius 2 is 0.870 bits per heavy atom. The van der Waals surface area contributed by atoms with E-state index in [1.165, 1.54) is 24.3 Å². The first-order chi connectivity index (χ1) is 21.6. The molecule has 8 N–H and O–H groups in total. The van der Waals surface area contributed by atoms with Crippen LogP contribution in [0.4, 0.5) is 0 Å². The zero-order chi connectivity index (χ0) is 34.8. The Kier molecular flexibility index (Phi) is 17.0. The summed E-state index contributed by atoms with van der Waals surface area (Å²) in [5.74, 6) is -9.28.